The lowest BCUT2D eigenvalue weighted by Crippen LogP contribution is -2.43. The average Bonchev–Trinajstić information content (AvgIpc) is 2.10. The molecule has 0 N–H and O–H groups in total. The highest BCUT2D eigenvalue weighted by Gasteiger charge is 2.38. The Hall–Kier alpha value is -0.153. The van der Waals surface area contributed by atoms with Crippen molar-refractivity contribution >= 4 is 14.6 Å². The van der Waals surface area contributed by atoms with Crippen LogP contribution in [0.2, 0.25) is 18.1 Å². The van der Waals surface area contributed by atoms with Crippen LogP contribution in [0, 0.1) is 0 Å². The Labute approximate surface area is 95.5 Å². The van der Waals surface area contributed by atoms with Gasteiger partial charge in [-0.3, -0.25) is 0 Å². The number of hydrogen-bond donors (Lipinski definition) is 0. The van der Waals surface area contributed by atoms with Crippen molar-refractivity contribution < 1.29 is 9.22 Å². The van der Waals surface area contributed by atoms with Crippen LogP contribution < -0.4 is 0 Å². The third-order valence-electron chi connectivity index (χ3n) is 3.33. The maximum Gasteiger partial charge on any atom is 0.192 e. The maximum absolute atomic E-state index is 10.3. The van der Waals surface area contributed by atoms with E-state index in [2.05, 4.69) is 40.8 Å². The molecule has 0 aromatic rings. The molecule has 2 nitrogen and oxygen atoms in total. The van der Waals surface area contributed by atoms with Crippen LogP contribution in [0.3, 0.4) is 0 Å². The Morgan fingerprint density at radius 1 is 1.33 bits per heavy atom. The smallest absolute Gasteiger partial charge is 0.192 e. The molecule has 15 heavy (non-hydrogen) atoms. The largest absolute Gasteiger partial charge is 0.414 e. The van der Waals surface area contributed by atoms with Crippen molar-refractivity contribution in [2.75, 3.05) is 0 Å². The van der Waals surface area contributed by atoms with Gasteiger partial charge in [0.05, 0.1) is 0 Å². The Morgan fingerprint density at radius 2 is 1.87 bits per heavy atom. The second-order valence-electron chi connectivity index (χ2n) is 5.65. The van der Waals surface area contributed by atoms with Crippen LogP contribution in [0.5, 0.6) is 0 Å². The summed E-state index contributed by atoms with van der Waals surface area (Å²) in [5.41, 5.74) is 0. The quantitative estimate of drug-likeness (QED) is 0.513. The summed E-state index contributed by atoms with van der Waals surface area (Å²) in [7, 11) is -1.65. The highest BCUT2D eigenvalue weighted by atomic mass is 28.4. The van der Waals surface area contributed by atoms with Crippen molar-refractivity contribution in [1.82, 2.24) is 0 Å². The highest BCUT2D eigenvalue weighted by Crippen LogP contribution is 2.37. The van der Waals surface area contributed by atoms with Crippen molar-refractivity contribution in [1.29, 1.82) is 0 Å². The van der Waals surface area contributed by atoms with E-state index in [9.17, 15) is 4.79 Å². The first-order chi connectivity index (χ1) is 6.74. The standard InChI is InChI=1S/C12H26O2Si/c1-7-11(9-8-10-13)14-15(5,6)12(2,3)4/h10-11H,7-9H2,1-6H3. The summed E-state index contributed by atoms with van der Waals surface area (Å²) in [6, 6.07) is 0. The topological polar surface area (TPSA) is 26.3 Å². The zero-order valence-corrected chi connectivity index (χ0v) is 12.1. The molecule has 0 aliphatic heterocycles. The molecule has 0 bridgehead atoms. The van der Waals surface area contributed by atoms with Crippen LogP contribution in [0.1, 0.15) is 47.0 Å². The molecule has 0 aliphatic carbocycles. The molecule has 3 heteroatoms. The van der Waals surface area contributed by atoms with Crippen LogP contribution in [-0.4, -0.2) is 20.7 Å². The maximum atomic E-state index is 10.3. The first kappa shape index (κ1) is 14.8. The van der Waals surface area contributed by atoms with Gasteiger partial charge in [0.15, 0.2) is 8.32 Å². The Morgan fingerprint density at radius 3 is 2.20 bits per heavy atom. The minimum absolute atomic E-state index is 0.252. The zero-order chi connectivity index (χ0) is 12.1. The molecule has 0 aromatic carbocycles. The van der Waals surface area contributed by atoms with Crippen LogP contribution >= 0.6 is 0 Å². The fourth-order valence-corrected chi connectivity index (χ4v) is 2.67. The van der Waals surface area contributed by atoms with E-state index in [-0.39, 0.29) is 11.1 Å². The fourth-order valence-electron chi connectivity index (χ4n) is 1.19. The van der Waals surface area contributed by atoms with Crippen molar-refractivity contribution in [3.8, 4) is 0 Å². The highest BCUT2D eigenvalue weighted by molar-refractivity contribution is 6.74. The van der Waals surface area contributed by atoms with Gasteiger partial charge in [0.1, 0.15) is 6.29 Å². The van der Waals surface area contributed by atoms with Crippen LogP contribution in [0.25, 0.3) is 0 Å². The van der Waals surface area contributed by atoms with Gasteiger partial charge >= 0.3 is 0 Å². The Bertz CT molecular complexity index is 194. The fraction of sp³-hybridized carbons (Fsp3) is 0.917. The molecule has 1 atom stereocenters. The molecule has 0 rings (SSSR count). The van der Waals surface area contributed by atoms with E-state index >= 15 is 0 Å². The third kappa shape index (κ3) is 4.93. The second-order valence-corrected chi connectivity index (χ2v) is 10.4. The van der Waals surface area contributed by atoms with Crippen molar-refractivity contribution in [2.24, 2.45) is 0 Å². The van der Waals surface area contributed by atoms with Gasteiger partial charge in [-0.25, -0.2) is 0 Å². The monoisotopic (exact) mass is 230 g/mol. The Balaban J connectivity index is 4.33. The molecule has 0 aromatic heterocycles. The average molecular weight is 230 g/mol. The van der Waals surface area contributed by atoms with E-state index in [4.69, 9.17) is 4.43 Å². The molecular weight excluding hydrogens is 204 g/mol. The molecule has 0 heterocycles. The first-order valence-corrected chi connectivity index (χ1v) is 8.77. The number of rotatable bonds is 6. The molecule has 1 unspecified atom stereocenters. The molecule has 0 radical (unpaired) electrons. The molecule has 0 saturated heterocycles. The summed E-state index contributed by atoms with van der Waals surface area (Å²) >= 11 is 0. The summed E-state index contributed by atoms with van der Waals surface area (Å²) in [5, 5.41) is 0.252. The van der Waals surface area contributed by atoms with Gasteiger partial charge in [0.2, 0.25) is 0 Å². The van der Waals surface area contributed by atoms with E-state index in [1.807, 2.05) is 0 Å². The number of hydrogen-bond acceptors (Lipinski definition) is 2. The van der Waals surface area contributed by atoms with Gasteiger partial charge in [-0.15, -0.1) is 0 Å². The third-order valence-corrected chi connectivity index (χ3v) is 7.86. The summed E-state index contributed by atoms with van der Waals surface area (Å²) < 4.78 is 6.23. The lowest BCUT2D eigenvalue weighted by Gasteiger charge is -2.39. The predicted molar refractivity (Wildman–Crippen MR) is 67.7 cm³/mol. The van der Waals surface area contributed by atoms with Crippen LogP contribution in [0.15, 0.2) is 0 Å². The number of carbonyl (C=O) groups excluding carboxylic acids is 1. The van der Waals surface area contributed by atoms with E-state index < -0.39 is 8.32 Å². The van der Waals surface area contributed by atoms with Crippen molar-refractivity contribution in [3.05, 3.63) is 0 Å². The first-order valence-electron chi connectivity index (χ1n) is 5.86. The van der Waals surface area contributed by atoms with Crippen LogP contribution in [-0.2, 0) is 9.22 Å². The van der Waals surface area contributed by atoms with E-state index in [0.717, 1.165) is 19.1 Å². The van der Waals surface area contributed by atoms with Gasteiger partial charge in [-0.2, -0.15) is 0 Å². The lowest BCUT2D eigenvalue weighted by molar-refractivity contribution is -0.108. The van der Waals surface area contributed by atoms with Crippen molar-refractivity contribution in [2.45, 2.75) is 71.2 Å². The number of aldehydes is 1. The molecule has 0 fully saturated rings. The van der Waals surface area contributed by atoms with E-state index in [0.29, 0.717) is 6.42 Å². The molecule has 0 aliphatic rings. The SMILES string of the molecule is CCC(CCC=O)O[Si](C)(C)C(C)(C)C. The molecular formula is C12H26O2Si. The second kappa shape index (κ2) is 5.80. The Kier molecular flexibility index (Phi) is 5.74. The van der Waals surface area contributed by atoms with Gasteiger partial charge < -0.3 is 9.22 Å². The normalized spacial score (nSPS) is 15.1. The van der Waals surface area contributed by atoms with Crippen molar-refractivity contribution in [3.63, 3.8) is 0 Å². The molecule has 0 saturated carbocycles. The van der Waals surface area contributed by atoms with E-state index in [1.165, 1.54) is 0 Å². The van der Waals surface area contributed by atoms with Crippen LogP contribution in [0.4, 0.5) is 0 Å². The summed E-state index contributed by atoms with van der Waals surface area (Å²) in [6.07, 6.45) is 3.73. The van der Waals surface area contributed by atoms with Gasteiger partial charge in [-0.1, -0.05) is 27.7 Å². The molecule has 90 valence electrons. The summed E-state index contributed by atoms with van der Waals surface area (Å²) in [6.45, 7) is 13.4. The molecule has 0 amide bonds. The van der Waals surface area contributed by atoms with Gasteiger partial charge in [0, 0.05) is 12.5 Å². The molecule has 0 spiro atoms. The summed E-state index contributed by atoms with van der Waals surface area (Å²) in [5.74, 6) is 0. The minimum Gasteiger partial charge on any atom is -0.414 e. The number of carbonyl (C=O) groups is 1. The van der Waals surface area contributed by atoms with Gasteiger partial charge in [0.25, 0.3) is 0 Å². The predicted octanol–water partition coefficient (Wildman–Crippen LogP) is 3.77. The van der Waals surface area contributed by atoms with Gasteiger partial charge in [-0.05, 0) is 31.0 Å². The minimum atomic E-state index is -1.65. The summed E-state index contributed by atoms with van der Waals surface area (Å²) in [4.78, 5) is 10.3. The lowest BCUT2D eigenvalue weighted by atomic mass is 10.2. The van der Waals surface area contributed by atoms with E-state index in [1.54, 1.807) is 0 Å². The zero-order valence-electron chi connectivity index (χ0n) is 11.1.